The van der Waals surface area contributed by atoms with Gasteiger partial charge in [0.05, 0.1) is 23.7 Å². The van der Waals surface area contributed by atoms with Gasteiger partial charge in [-0.3, -0.25) is 9.11 Å². The molecule has 116 valence electrons. The Hall–Kier alpha value is -0.220. The van der Waals surface area contributed by atoms with Gasteiger partial charge in [0.2, 0.25) is 0 Å². The van der Waals surface area contributed by atoms with Crippen LogP contribution >= 0.6 is 0 Å². The third kappa shape index (κ3) is 11.3. The first-order valence-electron chi connectivity index (χ1n) is 6.13. The van der Waals surface area contributed by atoms with Gasteiger partial charge >= 0.3 is 0 Å². The van der Waals surface area contributed by atoms with Gasteiger partial charge in [-0.05, 0) is 25.7 Å². The zero-order valence-corrected chi connectivity index (χ0v) is 12.8. The van der Waals surface area contributed by atoms with E-state index in [9.17, 15) is 16.8 Å². The predicted octanol–water partition coefficient (Wildman–Crippen LogP) is 1.12. The van der Waals surface area contributed by atoms with Gasteiger partial charge < -0.3 is 4.74 Å². The molecule has 0 aliphatic rings. The van der Waals surface area contributed by atoms with E-state index in [1.54, 1.807) is 0 Å². The summed E-state index contributed by atoms with van der Waals surface area (Å²) in [4.78, 5) is 0. The van der Waals surface area contributed by atoms with E-state index in [1.165, 1.54) is 0 Å². The molecule has 0 aliphatic heterocycles. The van der Waals surface area contributed by atoms with E-state index in [1.807, 2.05) is 13.8 Å². The summed E-state index contributed by atoms with van der Waals surface area (Å²) >= 11 is 0. The number of hydrogen-bond acceptors (Lipinski definition) is 5. The summed E-state index contributed by atoms with van der Waals surface area (Å²) in [5, 5.41) is 0. The van der Waals surface area contributed by atoms with Gasteiger partial charge in [-0.2, -0.15) is 16.8 Å². The predicted molar refractivity (Wildman–Crippen MR) is 71.3 cm³/mol. The van der Waals surface area contributed by atoms with Crippen molar-refractivity contribution >= 4 is 20.2 Å². The van der Waals surface area contributed by atoms with Crippen LogP contribution in [0.2, 0.25) is 0 Å². The van der Waals surface area contributed by atoms with Crippen LogP contribution in [0.15, 0.2) is 0 Å². The Morgan fingerprint density at radius 2 is 1.16 bits per heavy atom. The minimum absolute atomic E-state index is 0.151. The molecule has 0 heterocycles. The van der Waals surface area contributed by atoms with Crippen molar-refractivity contribution in [2.75, 3.05) is 11.5 Å². The molecule has 2 N–H and O–H groups in total. The van der Waals surface area contributed by atoms with E-state index < -0.39 is 20.2 Å². The molecule has 0 aromatic rings. The molecule has 0 radical (unpaired) electrons. The van der Waals surface area contributed by atoms with Crippen molar-refractivity contribution in [2.45, 2.75) is 51.7 Å². The van der Waals surface area contributed by atoms with E-state index in [0.29, 0.717) is 12.8 Å². The third-order valence-electron chi connectivity index (χ3n) is 2.69. The van der Waals surface area contributed by atoms with E-state index in [-0.39, 0.29) is 36.6 Å². The van der Waals surface area contributed by atoms with Gasteiger partial charge in [0.25, 0.3) is 20.2 Å². The van der Waals surface area contributed by atoms with Crippen molar-refractivity contribution in [3.63, 3.8) is 0 Å². The highest BCUT2D eigenvalue weighted by molar-refractivity contribution is 7.86. The molecule has 0 aromatic heterocycles. The Kier molecular flexibility index (Phi) is 8.06. The highest BCUT2D eigenvalue weighted by Crippen LogP contribution is 2.14. The van der Waals surface area contributed by atoms with Crippen molar-refractivity contribution in [1.82, 2.24) is 0 Å². The van der Waals surface area contributed by atoms with Crippen molar-refractivity contribution in [3.8, 4) is 0 Å². The molecule has 0 rings (SSSR count). The van der Waals surface area contributed by atoms with Gasteiger partial charge in [-0.15, -0.1) is 0 Å². The quantitative estimate of drug-likeness (QED) is 0.579. The van der Waals surface area contributed by atoms with Gasteiger partial charge in [-0.25, -0.2) is 0 Å². The second-order valence-corrected chi connectivity index (χ2v) is 7.49. The number of hydrogen-bond donors (Lipinski definition) is 2. The van der Waals surface area contributed by atoms with Crippen LogP contribution in [-0.4, -0.2) is 49.7 Å². The maximum Gasteiger partial charge on any atom is 0.264 e. The van der Waals surface area contributed by atoms with Crippen LogP contribution < -0.4 is 0 Å². The van der Waals surface area contributed by atoms with Crippen molar-refractivity contribution in [3.05, 3.63) is 0 Å². The molecule has 0 aliphatic carbocycles. The lowest BCUT2D eigenvalue weighted by atomic mass is 10.2. The molecule has 0 aromatic carbocycles. The van der Waals surface area contributed by atoms with Crippen molar-refractivity contribution in [2.24, 2.45) is 0 Å². The molecule has 0 bridgehead atoms. The fourth-order valence-corrected chi connectivity index (χ4v) is 2.69. The minimum atomic E-state index is -4.02. The second kappa shape index (κ2) is 8.15. The Morgan fingerprint density at radius 1 is 0.842 bits per heavy atom. The lowest BCUT2D eigenvalue weighted by Crippen LogP contribution is -2.25. The molecule has 2 atom stereocenters. The first-order valence-corrected chi connectivity index (χ1v) is 9.35. The zero-order valence-electron chi connectivity index (χ0n) is 11.1. The van der Waals surface area contributed by atoms with Crippen LogP contribution in [0.25, 0.3) is 0 Å². The van der Waals surface area contributed by atoms with Crippen LogP contribution in [0, 0.1) is 0 Å². The van der Waals surface area contributed by atoms with Gasteiger partial charge in [0, 0.05) is 0 Å². The molecule has 9 heteroatoms. The first kappa shape index (κ1) is 18.8. The summed E-state index contributed by atoms with van der Waals surface area (Å²) in [6.45, 7) is 3.62. The Labute approximate surface area is 114 Å². The van der Waals surface area contributed by atoms with Crippen LogP contribution in [-0.2, 0) is 25.0 Å². The lowest BCUT2D eigenvalue weighted by Gasteiger charge is -2.22. The fraction of sp³-hybridized carbons (Fsp3) is 1.00. The Balaban J connectivity index is 4.32. The molecule has 0 spiro atoms. The molecule has 0 amide bonds. The number of ether oxygens (including phenoxy) is 1. The highest BCUT2D eigenvalue weighted by Gasteiger charge is 2.18. The molecule has 0 fully saturated rings. The second-order valence-electron chi connectivity index (χ2n) is 4.35. The van der Waals surface area contributed by atoms with Gasteiger partial charge in [0.1, 0.15) is 0 Å². The molecule has 2 unspecified atom stereocenters. The van der Waals surface area contributed by atoms with E-state index in [0.717, 1.165) is 0 Å². The Morgan fingerprint density at radius 3 is 1.37 bits per heavy atom. The molecular weight excluding hydrogens is 296 g/mol. The van der Waals surface area contributed by atoms with E-state index in [2.05, 4.69) is 0 Å². The highest BCUT2D eigenvalue weighted by atomic mass is 32.2. The maximum absolute atomic E-state index is 10.7. The SMILES string of the molecule is CCC(CCS(=O)(=O)O)OC(CC)CCS(=O)(=O)O. The van der Waals surface area contributed by atoms with Crippen molar-refractivity contribution in [1.29, 1.82) is 0 Å². The molecule has 19 heavy (non-hydrogen) atoms. The lowest BCUT2D eigenvalue weighted by molar-refractivity contribution is -0.0183. The van der Waals surface area contributed by atoms with Gasteiger partial charge in [0.15, 0.2) is 0 Å². The molecular formula is C10H22O7S2. The van der Waals surface area contributed by atoms with Crippen LogP contribution in [0.4, 0.5) is 0 Å². The summed E-state index contributed by atoms with van der Waals surface area (Å²) in [5.74, 6) is -0.777. The summed E-state index contributed by atoms with van der Waals surface area (Å²) in [6, 6.07) is 0. The fourth-order valence-electron chi connectivity index (χ4n) is 1.57. The molecule has 0 saturated heterocycles. The van der Waals surface area contributed by atoms with Crippen LogP contribution in [0.1, 0.15) is 39.5 Å². The number of rotatable bonds is 10. The van der Waals surface area contributed by atoms with Crippen LogP contribution in [0.5, 0.6) is 0 Å². The largest absolute Gasteiger partial charge is 0.375 e. The van der Waals surface area contributed by atoms with Gasteiger partial charge in [-0.1, -0.05) is 13.8 Å². The van der Waals surface area contributed by atoms with E-state index in [4.69, 9.17) is 13.8 Å². The topological polar surface area (TPSA) is 118 Å². The summed E-state index contributed by atoms with van der Waals surface area (Å²) < 4.78 is 65.5. The normalized spacial score (nSPS) is 16.2. The molecule has 7 nitrogen and oxygen atoms in total. The third-order valence-corrected chi connectivity index (χ3v) is 4.19. The first-order chi connectivity index (χ1) is 8.57. The van der Waals surface area contributed by atoms with Crippen molar-refractivity contribution < 1.29 is 30.7 Å². The zero-order chi connectivity index (χ0) is 15.1. The smallest absolute Gasteiger partial charge is 0.264 e. The maximum atomic E-state index is 10.7. The standard InChI is InChI=1S/C10H22O7S2/c1-3-9(5-7-18(11,12)13)17-10(4-2)6-8-19(14,15)16/h9-10H,3-8H2,1-2H3,(H,11,12,13)(H,14,15,16). The summed E-state index contributed by atoms with van der Waals surface area (Å²) in [6.07, 6.45) is 0.673. The monoisotopic (exact) mass is 318 g/mol. The van der Waals surface area contributed by atoms with E-state index >= 15 is 0 Å². The average molecular weight is 318 g/mol. The average Bonchev–Trinajstić information content (AvgIpc) is 2.25. The summed E-state index contributed by atoms with van der Waals surface area (Å²) in [5.41, 5.74) is 0. The minimum Gasteiger partial charge on any atom is -0.375 e. The van der Waals surface area contributed by atoms with Crippen LogP contribution in [0.3, 0.4) is 0 Å². The molecule has 0 saturated carbocycles. The summed E-state index contributed by atoms with van der Waals surface area (Å²) in [7, 11) is -8.05. The Bertz CT molecular complexity index is 398.